The molecule has 0 fully saturated rings. The van der Waals surface area contributed by atoms with E-state index in [1.165, 1.54) is 18.0 Å². The van der Waals surface area contributed by atoms with Crippen LogP contribution in [0.4, 0.5) is 0 Å². The van der Waals surface area contributed by atoms with Gasteiger partial charge in [0.25, 0.3) is 11.1 Å². The van der Waals surface area contributed by atoms with Crippen LogP contribution in [0.3, 0.4) is 0 Å². The lowest BCUT2D eigenvalue weighted by atomic mass is 10.2. The number of rotatable bonds is 5. The van der Waals surface area contributed by atoms with Crippen LogP contribution >= 0.6 is 35.0 Å². The number of nitrogens with zero attached hydrogens (tertiary/aromatic N) is 2. The molecule has 3 rings (SSSR count). The Labute approximate surface area is 152 Å². The number of hydrazone groups is 1. The Kier molecular flexibility index (Phi) is 5.40. The number of aromatic nitrogens is 1. The van der Waals surface area contributed by atoms with Crippen LogP contribution in [0.5, 0.6) is 0 Å². The normalized spacial score (nSPS) is 11.2. The summed E-state index contributed by atoms with van der Waals surface area (Å²) in [5.74, 6) is -0.148. The second-order valence-corrected chi connectivity index (χ2v) is 6.38. The average molecular weight is 380 g/mol. The van der Waals surface area contributed by atoms with Gasteiger partial charge >= 0.3 is 0 Å². The number of hydrogen-bond acceptors (Lipinski definition) is 5. The highest BCUT2D eigenvalue weighted by Crippen LogP contribution is 2.24. The fourth-order valence-electron chi connectivity index (χ4n) is 1.87. The molecule has 122 valence electrons. The number of hydrogen-bond donors (Lipinski definition) is 1. The first-order chi connectivity index (χ1) is 11.6. The number of benzene rings is 2. The number of oxazole rings is 1. The molecule has 5 nitrogen and oxygen atoms in total. The van der Waals surface area contributed by atoms with E-state index in [2.05, 4.69) is 15.5 Å². The molecule has 0 atom stereocenters. The van der Waals surface area contributed by atoms with Crippen LogP contribution in [-0.4, -0.2) is 22.9 Å². The van der Waals surface area contributed by atoms with Crippen LogP contribution in [0.2, 0.25) is 10.0 Å². The van der Waals surface area contributed by atoms with Gasteiger partial charge in [-0.15, -0.1) is 0 Å². The first kappa shape index (κ1) is 16.8. The van der Waals surface area contributed by atoms with Crippen molar-refractivity contribution in [2.24, 2.45) is 5.10 Å². The molecule has 24 heavy (non-hydrogen) atoms. The molecule has 8 heteroatoms. The highest BCUT2D eigenvalue weighted by molar-refractivity contribution is 7.99. The monoisotopic (exact) mass is 379 g/mol. The van der Waals surface area contributed by atoms with Gasteiger partial charge in [-0.25, -0.2) is 10.4 Å². The zero-order valence-electron chi connectivity index (χ0n) is 12.2. The minimum Gasteiger partial charge on any atom is -0.431 e. The summed E-state index contributed by atoms with van der Waals surface area (Å²) in [6.07, 6.45) is 1.44. The summed E-state index contributed by atoms with van der Waals surface area (Å²) >= 11 is 13.1. The number of nitrogens with one attached hydrogen (secondary N) is 1. The van der Waals surface area contributed by atoms with E-state index >= 15 is 0 Å². The van der Waals surface area contributed by atoms with Crippen molar-refractivity contribution in [3.63, 3.8) is 0 Å². The van der Waals surface area contributed by atoms with Crippen LogP contribution < -0.4 is 5.43 Å². The number of carbonyl (C=O) groups is 1. The van der Waals surface area contributed by atoms with Crippen molar-refractivity contribution < 1.29 is 9.21 Å². The Hall–Kier alpha value is -2.02. The SMILES string of the molecule is O=C(CSc1nc2ccccc2o1)N/N=C\c1cccc(Cl)c1Cl. The third-order valence-electron chi connectivity index (χ3n) is 2.98. The molecular formula is C16H11Cl2N3O2S. The topological polar surface area (TPSA) is 67.5 Å². The lowest BCUT2D eigenvalue weighted by Crippen LogP contribution is -2.19. The minimum absolute atomic E-state index is 0.132. The molecule has 0 aliphatic rings. The Morgan fingerprint density at radius 2 is 2.08 bits per heavy atom. The van der Waals surface area contributed by atoms with Gasteiger partial charge in [0.2, 0.25) is 0 Å². The predicted octanol–water partition coefficient (Wildman–Crippen LogP) is 4.38. The Morgan fingerprint density at radius 3 is 2.92 bits per heavy atom. The van der Waals surface area contributed by atoms with Crippen molar-refractivity contribution >= 4 is 58.2 Å². The van der Waals surface area contributed by atoms with E-state index in [1.54, 1.807) is 18.2 Å². The molecule has 0 spiro atoms. The molecule has 0 radical (unpaired) electrons. The molecule has 1 amide bonds. The number of halogens is 2. The van der Waals surface area contributed by atoms with Crippen molar-refractivity contribution in [3.8, 4) is 0 Å². The predicted molar refractivity (Wildman–Crippen MR) is 96.9 cm³/mol. The summed E-state index contributed by atoms with van der Waals surface area (Å²) in [7, 11) is 0. The average Bonchev–Trinajstić information content (AvgIpc) is 3.00. The molecule has 0 saturated heterocycles. The van der Waals surface area contributed by atoms with Crippen LogP contribution in [0, 0.1) is 0 Å². The fraction of sp³-hybridized carbons (Fsp3) is 0.0625. The first-order valence-corrected chi connectivity index (χ1v) is 8.62. The smallest absolute Gasteiger partial charge is 0.257 e. The molecule has 3 aromatic rings. The third-order valence-corrected chi connectivity index (χ3v) is 4.64. The van der Waals surface area contributed by atoms with Gasteiger partial charge in [0.15, 0.2) is 5.58 Å². The third kappa shape index (κ3) is 4.08. The van der Waals surface area contributed by atoms with Gasteiger partial charge < -0.3 is 4.42 Å². The molecule has 0 saturated carbocycles. The largest absolute Gasteiger partial charge is 0.431 e. The molecule has 0 bridgehead atoms. The number of para-hydroxylation sites is 2. The van der Waals surface area contributed by atoms with E-state index in [0.717, 1.165) is 5.52 Å². The summed E-state index contributed by atoms with van der Waals surface area (Å²) in [5.41, 5.74) is 4.49. The quantitative estimate of drug-likeness (QED) is 0.405. The van der Waals surface area contributed by atoms with E-state index in [9.17, 15) is 4.79 Å². The van der Waals surface area contributed by atoms with Gasteiger partial charge in [-0.05, 0) is 18.2 Å². The van der Waals surface area contributed by atoms with E-state index < -0.39 is 0 Å². The maximum atomic E-state index is 11.8. The Bertz CT molecular complexity index is 878. The molecule has 1 N–H and O–H groups in total. The van der Waals surface area contributed by atoms with Crippen LogP contribution in [-0.2, 0) is 4.79 Å². The molecule has 0 unspecified atom stereocenters. The van der Waals surface area contributed by atoms with Gasteiger partial charge in [0.05, 0.1) is 22.0 Å². The van der Waals surface area contributed by atoms with Gasteiger partial charge in [-0.2, -0.15) is 5.10 Å². The standard InChI is InChI=1S/C16H11Cl2N3O2S/c17-11-5-3-4-10(15(11)18)8-19-21-14(22)9-24-16-20-12-6-1-2-7-13(12)23-16/h1-8H,9H2,(H,21,22)/b19-8-. The zero-order valence-corrected chi connectivity index (χ0v) is 14.5. The molecule has 2 aromatic carbocycles. The second-order valence-electron chi connectivity index (χ2n) is 4.67. The van der Waals surface area contributed by atoms with Gasteiger partial charge in [0, 0.05) is 5.56 Å². The summed E-state index contributed by atoms with van der Waals surface area (Å²) in [5, 5.41) is 5.12. The van der Waals surface area contributed by atoms with Crippen molar-refractivity contribution in [3.05, 3.63) is 58.1 Å². The molecule has 0 aliphatic carbocycles. The molecular weight excluding hydrogens is 369 g/mol. The maximum absolute atomic E-state index is 11.8. The summed E-state index contributed by atoms with van der Waals surface area (Å²) in [4.78, 5) is 16.1. The van der Waals surface area contributed by atoms with Gasteiger partial charge in [-0.1, -0.05) is 59.2 Å². The summed E-state index contributed by atoms with van der Waals surface area (Å²) in [6, 6.07) is 12.6. The fourth-order valence-corrected chi connectivity index (χ4v) is 2.85. The van der Waals surface area contributed by atoms with E-state index in [-0.39, 0.29) is 11.7 Å². The van der Waals surface area contributed by atoms with E-state index in [1.807, 2.05) is 24.3 Å². The van der Waals surface area contributed by atoms with Crippen LogP contribution in [0.15, 0.2) is 57.2 Å². The minimum atomic E-state index is -0.281. The molecule has 1 aromatic heterocycles. The van der Waals surface area contributed by atoms with Crippen molar-refractivity contribution in [1.29, 1.82) is 0 Å². The highest BCUT2D eigenvalue weighted by atomic mass is 35.5. The zero-order chi connectivity index (χ0) is 16.9. The van der Waals surface area contributed by atoms with Crippen molar-refractivity contribution in [2.45, 2.75) is 5.22 Å². The lowest BCUT2D eigenvalue weighted by molar-refractivity contribution is -0.118. The van der Waals surface area contributed by atoms with Gasteiger partial charge in [0.1, 0.15) is 5.52 Å². The lowest BCUT2D eigenvalue weighted by Gasteiger charge is -2.00. The number of amides is 1. The van der Waals surface area contributed by atoms with E-state index in [0.29, 0.717) is 26.4 Å². The highest BCUT2D eigenvalue weighted by Gasteiger charge is 2.08. The van der Waals surface area contributed by atoms with Gasteiger partial charge in [-0.3, -0.25) is 4.79 Å². The molecule has 0 aliphatic heterocycles. The number of thioether (sulfide) groups is 1. The van der Waals surface area contributed by atoms with Crippen molar-refractivity contribution in [2.75, 3.05) is 5.75 Å². The summed E-state index contributed by atoms with van der Waals surface area (Å²) < 4.78 is 5.52. The second kappa shape index (κ2) is 7.70. The maximum Gasteiger partial charge on any atom is 0.257 e. The number of fused-ring (bicyclic) bond motifs is 1. The molecule has 1 heterocycles. The van der Waals surface area contributed by atoms with Crippen molar-refractivity contribution in [1.82, 2.24) is 10.4 Å². The Balaban J connectivity index is 1.54. The number of carbonyl (C=O) groups excluding carboxylic acids is 1. The summed E-state index contributed by atoms with van der Waals surface area (Å²) in [6.45, 7) is 0. The van der Waals surface area contributed by atoms with E-state index in [4.69, 9.17) is 27.6 Å². The first-order valence-electron chi connectivity index (χ1n) is 6.88. The van der Waals surface area contributed by atoms with Crippen LogP contribution in [0.1, 0.15) is 5.56 Å². The Morgan fingerprint density at radius 1 is 1.25 bits per heavy atom. The van der Waals surface area contributed by atoms with Crippen LogP contribution in [0.25, 0.3) is 11.1 Å².